The predicted molar refractivity (Wildman–Crippen MR) is 72.6 cm³/mol. The molecule has 0 amide bonds. The van der Waals surface area contributed by atoms with Crippen LogP contribution in [0.4, 0.5) is 5.69 Å². The van der Waals surface area contributed by atoms with Crippen molar-refractivity contribution in [3.63, 3.8) is 0 Å². The van der Waals surface area contributed by atoms with E-state index in [0.717, 1.165) is 19.4 Å². The highest BCUT2D eigenvalue weighted by molar-refractivity contribution is 5.52. The van der Waals surface area contributed by atoms with Crippen molar-refractivity contribution in [2.24, 2.45) is 0 Å². The third kappa shape index (κ3) is 3.22. The second-order valence-electron chi connectivity index (χ2n) is 5.76. The summed E-state index contributed by atoms with van der Waals surface area (Å²) in [6.45, 7) is 9.50. The third-order valence-electron chi connectivity index (χ3n) is 3.44. The Balaban J connectivity index is 2.05. The van der Waals surface area contributed by atoms with Gasteiger partial charge in [-0.3, -0.25) is 0 Å². The molecule has 1 aliphatic heterocycles. The van der Waals surface area contributed by atoms with Gasteiger partial charge in [0.2, 0.25) is 0 Å². The van der Waals surface area contributed by atoms with Crippen LogP contribution in [0.3, 0.4) is 0 Å². The summed E-state index contributed by atoms with van der Waals surface area (Å²) in [6.07, 6.45) is 2.16. The van der Waals surface area contributed by atoms with E-state index < -0.39 is 0 Å². The zero-order chi connectivity index (χ0) is 12.5. The summed E-state index contributed by atoms with van der Waals surface area (Å²) in [5.41, 5.74) is 3.92. The van der Waals surface area contributed by atoms with Crippen molar-refractivity contribution in [1.29, 1.82) is 0 Å². The van der Waals surface area contributed by atoms with E-state index in [2.05, 4.69) is 51.2 Å². The van der Waals surface area contributed by atoms with Gasteiger partial charge in [0.05, 0.1) is 5.60 Å². The fraction of sp³-hybridized carbons (Fsp3) is 0.600. The first-order chi connectivity index (χ1) is 7.96. The SMILES string of the molecule is Cc1ccc(NC2CCOC(C)(C)C2)c(C)c1. The van der Waals surface area contributed by atoms with Crippen LogP contribution >= 0.6 is 0 Å². The van der Waals surface area contributed by atoms with Gasteiger partial charge in [0.1, 0.15) is 0 Å². The highest BCUT2D eigenvalue weighted by Crippen LogP contribution is 2.27. The summed E-state index contributed by atoms with van der Waals surface area (Å²) in [6, 6.07) is 7.11. The van der Waals surface area contributed by atoms with Crippen molar-refractivity contribution >= 4 is 5.69 Å². The van der Waals surface area contributed by atoms with Gasteiger partial charge >= 0.3 is 0 Å². The Morgan fingerprint density at radius 3 is 2.71 bits per heavy atom. The fourth-order valence-electron chi connectivity index (χ4n) is 2.55. The average molecular weight is 233 g/mol. The molecule has 0 bridgehead atoms. The first-order valence-electron chi connectivity index (χ1n) is 6.44. The van der Waals surface area contributed by atoms with Gasteiger partial charge < -0.3 is 10.1 Å². The van der Waals surface area contributed by atoms with E-state index in [9.17, 15) is 0 Å². The van der Waals surface area contributed by atoms with Crippen LogP contribution in [0.25, 0.3) is 0 Å². The van der Waals surface area contributed by atoms with Gasteiger partial charge in [0.15, 0.2) is 0 Å². The standard InChI is InChI=1S/C15H23NO/c1-11-5-6-14(12(2)9-11)16-13-7-8-17-15(3,4)10-13/h5-6,9,13,16H,7-8,10H2,1-4H3. The number of benzene rings is 1. The first kappa shape index (κ1) is 12.4. The van der Waals surface area contributed by atoms with Crippen molar-refractivity contribution < 1.29 is 4.74 Å². The van der Waals surface area contributed by atoms with Crippen molar-refractivity contribution in [2.75, 3.05) is 11.9 Å². The van der Waals surface area contributed by atoms with Crippen LogP contribution in [-0.4, -0.2) is 18.2 Å². The van der Waals surface area contributed by atoms with Crippen LogP contribution in [-0.2, 0) is 4.74 Å². The number of anilines is 1. The van der Waals surface area contributed by atoms with E-state index in [4.69, 9.17) is 4.74 Å². The summed E-state index contributed by atoms with van der Waals surface area (Å²) in [5, 5.41) is 3.65. The van der Waals surface area contributed by atoms with Crippen LogP contribution < -0.4 is 5.32 Å². The molecule has 0 radical (unpaired) electrons. The van der Waals surface area contributed by atoms with Gasteiger partial charge in [0, 0.05) is 18.3 Å². The second-order valence-corrected chi connectivity index (χ2v) is 5.76. The van der Waals surface area contributed by atoms with E-state index in [1.807, 2.05) is 0 Å². The maximum Gasteiger partial charge on any atom is 0.0646 e. The Morgan fingerprint density at radius 2 is 2.06 bits per heavy atom. The lowest BCUT2D eigenvalue weighted by Gasteiger charge is -2.36. The predicted octanol–water partition coefficient (Wildman–Crippen LogP) is 3.67. The van der Waals surface area contributed by atoms with Crippen molar-refractivity contribution in [3.05, 3.63) is 29.3 Å². The van der Waals surface area contributed by atoms with E-state index in [0.29, 0.717) is 6.04 Å². The second kappa shape index (κ2) is 4.69. The zero-order valence-electron chi connectivity index (χ0n) is 11.3. The summed E-state index contributed by atoms with van der Waals surface area (Å²) in [7, 11) is 0. The molecule has 2 rings (SSSR count). The van der Waals surface area contributed by atoms with Gasteiger partial charge in [-0.05, 0) is 52.2 Å². The Hall–Kier alpha value is -1.02. The molecule has 1 heterocycles. The van der Waals surface area contributed by atoms with Crippen LogP contribution in [0.15, 0.2) is 18.2 Å². The van der Waals surface area contributed by atoms with Crippen LogP contribution in [0.1, 0.15) is 37.8 Å². The minimum absolute atomic E-state index is 0.00845. The molecule has 1 aromatic carbocycles. The maximum atomic E-state index is 5.74. The number of nitrogens with one attached hydrogen (secondary N) is 1. The molecule has 1 N–H and O–H groups in total. The molecule has 1 saturated heterocycles. The third-order valence-corrected chi connectivity index (χ3v) is 3.44. The van der Waals surface area contributed by atoms with E-state index in [-0.39, 0.29) is 5.60 Å². The number of ether oxygens (including phenoxy) is 1. The number of hydrogen-bond donors (Lipinski definition) is 1. The molecular formula is C15H23NO. The fourth-order valence-corrected chi connectivity index (χ4v) is 2.55. The normalized spacial score (nSPS) is 23.4. The van der Waals surface area contributed by atoms with Gasteiger partial charge in [-0.1, -0.05) is 17.7 Å². The van der Waals surface area contributed by atoms with Crippen LogP contribution in [0.5, 0.6) is 0 Å². The van der Waals surface area contributed by atoms with Gasteiger partial charge in [-0.2, -0.15) is 0 Å². The van der Waals surface area contributed by atoms with Crippen LogP contribution in [0, 0.1) is 13.8 Å². The van der Waals surface area contributed by atoms with Gasteiger partial charge in [-0.15, -0.1) is 0 Å². The quantitative estimate of drug-likeness (QED) is 0.841. The van der Waals surface area contributed by atoms with Crippen molar-refractivity contribution in [1.82, 2.24) is 0 Å². The summed E-state index contributed by atoms with van der Waals surface area (Å²) in [4.78, 5) is 0. The molecule has 2 nitrogen and oxygen atoms in total. The molecule has 1 fully saturated rings. The van der Waals surface area contributed by atoms with Gasteiger partial charge in [0.25, 0.3) is 0 Å². The van der Waals surface area contributed by atoms with E-state index in [1.54, 1.807) is 0 Å². The minimum atomic E-state index is 0.00845. The number of rotatable bonds is 2. The molecule has 1 aliphatic rings. The molecule has 1 atom stereocenters. The van der Waals surface area contributed by atoms with Crippen molar-refractivity contribution in [3.8, 4) is 0 Å². The minimum Gasteiger partial charge on any atom is -0.382 e. The molecule has 2 heteroatoms. The summed E-state index contributed by atoms with van der Waals surface area (Å²) in [5.74, 6) is 0. The Bertz CT molecular complexity index is 398. The lowest BCUT2D eigenvalue weighted by Crippen LogP contribution is -2.40. The maximum absolute atomic E-state index is 5.74. The molecular weight excluding hydrogens is 210 g/mol. The first-order valence-corrected chi connectivity index (χ1v) is 6.44. The number of aryl methyl sites for hydroxylation is 2. The largest absolute Gasteiger partial charge is 0.382 e. The number of hydrogen-bond acceptors (Lipinski definition) is 2. The smallest absolute Gasteiger partial charge is 0.0646 e. The monoisotopic (exact) mass is 233 g/mol. The van der Waals surface area contributed by atoms with E-state index >= 15 is 0 Å². The topological polar surface area (TPSA) is 21.3 Å². The lowest BCUT2D eigenvalue weighted by molar-refractivity contribution is -0.0553. The molecule has 0 spiro atoms. The summed E-state index contributed by atoms with van der Waals surface area (Å²) >= 11 is 0. The molecule has 94 valence electrons. The van der Waals surface area contributed by atoms with Crippen molar-refractivity contribution in [2.45, 2.75) is 52.2 Å². The Morgan fingerprint density at radius 1 is 1.29 bits per heavy atom. The zero-order valence-corrected chi connectivity index (χ0v) is 11.3. The molecule has 0 saturated carbocycles. The molecule has 1 aromatic rings. The van der Waals surface area contributed by atoms with Gasteiger partial charge in [-0.25, -0.2) is 0 Å². The highest BCUT2D eigenvalue weighted by atomic mass is 16.5. The Labute approximate surface area is 104 Å². The lowest BCUT2D eigenvalue weighted by atomic mass is 9.93. The Kier molecular flexibility index (Phi) is 3.43. The van der Waals surface area contributed by atoms with E-state index in [1.165, 1.54) is 16.8 Å². The van der Waals surface area contributed by atoms with Crippen LogP contribution in [0.2, 0.25) is 0 Å². The highest BCUT2D eigenvalue weighted by Gasteiger charge is 2.28. The molecule has 17 heavy (non-hydrogen) atoms. The average Bonchev–Trinajstić information content (AvgIpc) is 2.21. The molecule has 0 aromatic heterocycles. The molecule has 0 aliphatic carbocycles. The summed E-state index contributed by atoms with van der Waals surface area (Å²) < 4.78 is 5.74. The molecule has 1 unspecified atom stereocenters.